The summed E-state index contributed by atoms with van der Waals surface area (Å²) in [7, 11) is 1.58. The molecule has 1 saturated heterocycles. The van der Waals surface area contributed by atoms with Gasteiger partial charge in [-0.05, 0) is 24.1 Å². The Hall–Kier alpha value is -1.71. The molecule has 5 atom stereocenters. The average Bonchev–Trinajstić information content (AvgIpc) is 2.89. The number of aliphatic hydroxyl groups is 3. The molecule has 1 aromatic carbocycles. The lowest BCUT2D eigenvalue weighted by molar-refractivity contribution is -0.298. The minimum absolute atomic E-state index is 0.143. The van der Waals surface area contributed by atoms with Gasteiger partial charge < -0.3 is 34.3 Å². The van der Waals surface area contributed by atoms with E-state index >= 15 is 0 Å². The predicted octanol–water partition coefficient (Wildman–Crippen LogP) is 4.26. The second-order valence-electron chi connectivity index (χ2n) is 9.60. The molecule has 8 nitrogen and oxygen atoms in total. The van der Waals surface area contributed by atoms with Crippen LogP contribution in [0.4, 0.5) is 0 Å². The molecule has 2 rings (SSSR count). The van der Waals surface area contributed by atoms with Gasteiger partial charge in [0, 0.05) is 6.42 Å². The standard InChI is InChI=1S/C28H46O8/c1-3-4-5-6-7-8-9-10-11-12-13-14-24(30)36-27-25(31)28(32)35-23(19-29)26(27)34-20-21-15-17-22(33-2)18-16-21/h15-18,23,25-29,31-32H,3-14,19-20H2,1-2H3/t23-,25-,26-,27-,28+/m1/s1. The molecule has 1 aromatic rings. The van der Waals surface area contributed by atoms with Crippen molar-refractivity contribution in [1.82, 2.24) is 0 Å². The molecule has 1 aliphatic rings. The van der Waals surface area contributed by atoms with E-state index in [1.54, 1.807) is 19.2 Å². The van der Waals surface area contributed by atoms with Gasteiger partial charge in [0.05, 0.1) is 20.3 Å². The van der Waals surface area contributed by atoms with Crippen molar-refractivity contribution in [2.24, 2.45) is 0 Å². The van der Waals surface area contributed by atoms with Crippen LogP contribution >= 0.6 is 0 Å². The van der Waals surface area contributed by atoms with Crippen molar-refractivity contribution < 1.29 is 39.1 Å². The molecule has 0 saturated carbocycles. The van der Waals surface area contributed by atoms with Gasteiger partial charge in [-0.2, -0.15) is 0 Å². The van der Waals surface area contributed by atoms with E-state index in [1.165, 1.54) is 51.4 Å². The first-order valence-corrected chi connectivity index (χ1v) is 13.6. The first-order chi connectivity index (χ1) is 17.5. The molecule has 0 unspecified atom stereocenters. The molecule has 0 aromatic heterocycles. The van der Waals surface area contributed by atoms with Crippen molar-refractivity contribution >= 4 is 5.97 Å². The molecule has 0 bridgehead atoms. The molecule has 206 valence electrons. The maximum atomic E-state index is 12.5. The zero-order valence-corrected chi connectivity index (χ0v) is 22.0. The summed E-state index contributed by atoms with van der Waals surface area (Å²) in [6.07, 6.45) is 7.14. The van der Waals surface area contributed by atoms with Crippen LogP contribution in [0.3, 0.4) is 0 Å². The van der Waals surface area contributed by atoms with Crippen LogP contribution in [0.2, 0.25) is 0 Å². The Labute approximate surface area is 215 Å². The van der Waals surface area contributed by atoms with E-state index in [1.807, 2.05) is 12.1 Å². The summed E-state index contributed by atoms with van der Waals surface area (Å²) in [6, 6.07) is 7.25. The molecule has 1 aliphatic heterocycles. The number of ether oxygens (including phenoxy) is 4. The summed E-state index contributed by atoms with van der Waals surface area (Å²) in [4.78, 5) is 12.5. The van der Waals surface area contributed by atoms with Crippen molar-refractivity contribution in [2.75, 3.05) is 13.7 Å². The first-order valence-electron chi connectivity index (χ1n) is 13.6. The van der Waals surface area contributed by atoms with E-state index in [4.69, 9.17) is 18.9 Å². The van der Waals surface area contributed by atoms with Gasteiger partial charge in [0.2, 0.25) is 0 Å². The van der Waals surface area contributed by atoms with Crippen LogP contribution in [0, 0.1) is 0 Å². The number of benzene rings is 1. The molecule has 3 N–H and O–H groups in total. The summed E-state index contributed by atoms with van der Waals surface area (Å²) in [5.41, 5.74) is 0.833. The second kappa shape index (κ2) is 17.7. The Bertz CT molecular complexity index is 710. The molecule has 0 radical (unpaired) electrons. The highest BCUT2D eigenvalue weighted by Gasteiger charge is 2.47. The van der Waals surface area contributed by atoms with Crippen molar-refractivity contribution in [3.63, 3.8) is 0 Å². The molecule has 8 heteroatoms. The Morgan fingerprint density at radius 3 is 2.03 bits per heavy atom. The lowest BCUT2D eigenvalue weighted by Gasteiger charge is -2.41. The highest BCUT2D eigenvalue weighted by molar-refractivity contribution is 5.69. The topological polar surface area (TPSA) is 115 Å². The lowest BCUT2D eigenvalue weighted by Crippen LogP contribution is -2.60. The summed E-state index contributed by atoms with van der Waals surface area (Å²) in [5.74, 6) is 0.250. The normalized spacial score (nSPS) is 24.0. The summed E-state index contributed by atoms with van der Waals surface area (Å²) in [6.45, 7) is 1.92. The third kappa shape index (κ3) is 10.7. The van der Waals surface area contributed by atoms with Crippen molar-refractivity contribution in [2.45, 2.75) is 121 Å². The van der Waals surface area contributed by atoms with E-state index in [9.17, 15) is 20.1 Å². The minimum atomic E-state index is -1.58. The van der Waals surface area contributed by atoms with E-state index in [0.717, 1.165) is 18.4 Å². The van der Waals surface area contributed by atoms with E-state index in [2.05, 4.69) is 6.92 Å². The van der Waals surface area contributed by atoms with Crippen LogP contribution in [-0.4, -0.2) is 65.7 Å². The van der Waals surface area contributed by atoms with Crippen molar-refractivity contribution in [3.8, 4) is 5.75 Å². The first kappa shape index (κ1) is 30.5. The number of carbonyl (C=O) groups is 1. The number of hydrogen-bond acceptors (Lipinski definition) is 8. The Balaban J connectivity index is 1.76. The zero-order valence-electron chi connectivity index (χ0n) is 22.0. The largest absolute Gasteiger partial charge is 0.497 e. The lowest BCUT2D eigenvalue weighted by atomic mass is 9.98. The Morgan fingerprint density at radius 2 is 1.47 bits per heavy atom. The highest BCUT2D eigenvalue weighted by atomic mass is 16.7. The van der Waals surface area contributed by atoms with Crippen LogP contribution in [0.5, 0.6) is 5.75 Å². The van der Waals surface area contributed by atoms with Gasteiger partial charge in [-0.1, -0.05) is 83.3 Å². The smallest absolute Gasteiger partial charge is 0.306 e. The molecule has 0 aliphatic carbocycles. The number of carbonyl (C=O) groups excluding carboxylic acids is 1. The van der Waals surface area contributed by atoms with Crippen LogP contribution in [0.1, 0.15) is 89.5 Å². The van der Waals surface area contributed by atoms with Gasteiger partial charge in [-0.3, -0.25) is 4.79 Å². The SMILES string of the molecule is CCCCCCCCCCCCCC(=O)O[C@@H]1[C@@H](O)[C@@H](O)O[C@H](CO)[C@H]1OCc1ccc(OC)cc1. The van der Waals surface area contributed by atoms with Crippen LogP contribution < -0.4 is 4.74 Å². The Kier molecular flexibility index (Phi) is 15.0. The number of unbranched alkanes of at least 4 members (excludes halogenated alkanes) is 10. The monoisotopic (exact) mass is 510 g/mol. The molecular weight excluding hydrogens is 464 g/mol. The summed E-state index contributed by atoms with van der Waals surface area (Å²) < 4.78 is 21.9. The number of aliphatic hydroxyl groups excluding tert-OH is 3. The molecule has 0 amide bonds. The molecule has 1 fully saturated rings. The van der Waals surface area contributed by atoms with Crippen molar-refractivity contribution in [1.29, 1.82) is 0 Å². The number of methoxy groups -OCH3 is 1. The fourth-order valence-electron chi connectivity index (χ4n) is 4.45. The predicted molar refractivity (Wildman–Crippen MR) is 137 cm³/mol. The van der Waals surface area contributed by atoms with Crippen LogP contribution in [0.15, 0.2) is 24.3 Å². The third-order valence-corrected chi connectivity index (χ3v) is 6.67. The quantitative estimate of drug-likeness (QED) is 0.198. The molecule has 0 spiro atoms. The van der Waals surface area contributed by atoms with Crippen molar-refractivity contribution in [3.05, 3.63) is 29.8 Å². The number of rotatable bonds is 18. The maximum Gasteiger partial charge on any atom is 0.306 e. The summed E-state index contributed by atoms with van der Waals surface area (Å²) >= 11 is 0. The number of esters is 1. The van der Waals surface area contributed by atoms with E-state index in [0.29, 0.717) is 12.2 Å². The van der Waals surface area contributed by atoms with Gasteiger partial charge in [0.15, 0.2) is 12.4 Å². The fourth-order valence-corrected chi connectivity index (χ4v) is 4.45. The van der Waals surface area contributed by atoms with Crippen LogP contribution in [0.25, 0.3) is 0 Å². The van der Waals surface area contributed by atoms with Gasteiger partial charge in [-0.25, -0.2) is 0 Å². The second-order valence-corrected chi connectivity index (χ2v) is 9.60. The Morgan fingerprint density at radius 1 is 0.889 bits per heavy atom. The fraction of sp³-hybridized carbons (Fsp3) is 0.750. The maximum absolute atomic E-state index is 12.5. The summed E-state index contributed by atoms with van der Waals surface area (Å²) in [5, 5.41) is 30.3. The number of hydrogen-bond donors (Lipinski definition) is 3. The van der Waals surface area contributed by atoms with Gasteiger partial charge in [0.1, 0.15) is 24.1 Å². The molecule has 1 heterocycles. The third-order valence-electron chi connectivity index (χ3n) is 6.67. The minimum Gasteiger partial charge on any atom is -0.497 e. The molecule has 36 heavy (non-hydrogen) atoms. The molecular formula is C28H46O8. The highest BCUT2D eigenvalue weighted by Crippen LogP contribution is 2.27. The zero-order chi connectivity index (χ0) is 26.2. The average molecular weight is 511 g/mol. The van der Waals surface area contributed by atoms with Gasteiger partial charge in [0.25, 0.3) is 0 Å². The van der Waals surface area contributed by atoms with Crippen LogP contribution in [-0.2, 0) is 25.6 Å². The van der Waals surface area contributed by atoms with Gasteiger partial charge in [-0.15, -0.1) is 0 Å². The van der Waals surface area contributed by atoms with E-state index in [-0.39, 0.29) is 13.0 Å². The van der Waals surface area contributed by atoms with E-state index < -0.39 is 43.3 Å². The van der Waals surface area contributed by atoms with Gasteiger partial charge >= 0.3 is 5.97 Å².